The van der Waals surface area contributed by atoms with Crippen molar-refractivity contribution in [3.05, 3.63) is 48.1 Å². The number of hydrogen-bond acceptors (Lipinski definition) is 6. The number of aryl methyl sites for hydroxylation is 1. The third kappa shape index (κ3) is 2.48. The van der Waals surface area contributed by atoms with Crippen molar-refractivity contribution in [1.82, 2.24) is 30.0 Å². The van der Waals surface area contributed by atoms with Crippen molar-refractivity contribution in [3.8, 4) is 11.4 Å². The molecule has 1 aliphatic rings. The molecule has 0 aliphatic carbocycles. The number of carbonyl (C=O) groups is 1. The fraction of sp³-hybridized carbons (Fsp3) is 0.267. The molecule has 3 heterocycles. The van der Waals surface area contributed by atoms with Gasteiger partial charge in [0.25, 0.3) is 5.91 Å². The normalized spacial score (nSPS) is 14.7. The first-order valence-corrected chi connectivity index (χ1v) is 7.25. The van der Waals surface area contributed by atoms with Crippen molar-refractivity contribution >= 4 is 5.91 Å². The van der Waals surface area contributed by atoms with E-state index in [0.29, 0.717) is 30.5 Å². The van der Waals surface area contributed by atoms with Crippen LogP contribution in [0.5, 0.6) is 0 Å². The Labute approximate surface area is 131 Å². The number of hydrogen-bond donors (Lipinski definition) is 0. The number of nitrogens with zero attached hydrogens (tertiary/aromatic N) is 6. The lowest BCUT2D eigenvalue weighted by Gasteiger charge is -2.36. The third-order valence-corrected chi connectivity index (χ3v) is 3.81. The first-order chi connectivity index (χ1) is 11.2. The Morgan fingerprint density at radius 2 is 2.04 bits per heavy atom. The summed E-state index contributed by atoms with van der Waals surface area (Å²) in [6.45, 7) is 1.09. The van der Waals surface area contributed by atoms with Crippen LogP contribution in [0.1, 0.15) is 22.3 Å². The molecule has 116 valence electrons. The van der Waals surface area contributed by atoms with Crippen molar-refractivity contribution in [2.75, 3.05) is 13.1 Å². The van der Waals surface area contributed by atoms with E-state index < -0.39 is 0 Å². The van der Waals surface area contributed by atoms with Crippen LogP contribution in [-0.2, 0) is 7.05 Å². The van der Waals surface area contributed by atoms with Crippen molar-refractivity contribution in [3.63, 3.8) is 0 Å². The molecule has 1 amide bonds. The summed E-state index contributed by atoms with van der Waals surface area (Å²) in [5, 5.41) is 11.6. The first-order valence-electron chi connectivity index (χ1n) is 7.25. The van der Waals surface area contributed by atoms with Gasteiger partial charge in [-0.1, -0.05) is 40.7 Å². The number of amides is 1. The van der Waals surface area contributed by atoms with Crippen LogP contribution in [0.4, 0.5) is 0 Å². The Morgan fingerprint density at radius 1 is 1.26 bits per heavy atom. The van der Waals surface area contributed by atoms with Gasteiger partial charge in [-0.2, -0.15) is 4.98 Å². The quantitative estimate of drug-likeness (QED) is 0.719. The smallest absolute Gasteiger partial charge is 0.276 e. The van der Waals surface area contributed by atoms with Crippen molar-refractivity contribution < 1.29 is 9.32 Å². The van der Waals surface area contributed by atoms with Gasteiger partial charge < -0.3 is 9.42 Å². The number of likely N-dealkylation sites (tertiary alicyclic amines) is 1. The molecule has 0 atom stereocenters. The molecule has 4 rings (SSSR count). The van der Waals surface area contributed by atoms with Gasteiger partial charge in [-0.15, -0.1) is 5.10 Å². The topological polar surface area (TPSA) is 89.9 Å². The molecule has 2 aromatic heterocycles. The number of carbonyl (C=O) groups excluding carboxylic acids is 1. The number of benzene rings is 1. The monoisotopic (exact) mass is 310 g/mol. The average Bonchev–Trinajstić information content (AvgIpc) is 3.16. The summed E-state index contributed by atoms with van der Waals surface area (Å²) in [5.41, 5.74) is 1.26. The molecule has 0 unspecified atom stereocenters. The lowest BCUT2D eigenvalue weighted by Crippen LogP contribution is -2.48. The summed E-state index contributed by atoms with van der Waals surface area (Å²) < 4.78 is 6.84. The van der Waals surface area contributed by atoms with Crippen LogP contribution in [0, 0.1) is 0 Å². The second-order valence-electron chi connectivity index (χ2n) is 5.51. The molecule has 0 radical (unpaired) electrons. The van der Waals surface area contributed by atoms with E-state index in [9.17, 15) is 4.79 Å². The van der Waals surface area contributed by atoms with E-state index in [1.165, 1.54) is 4.68 Å². The lowest BCUT2D eigenvalue weighted by molar-refractivity contribution is 0.0563. The highest BCUT2D eigenvalue weighted by Crippen LogP contribution is 2.28. The van der Waals surface area contributed by atoms with Crippen LogP contribution in [0.2, 0.25) is 0 Å². The van der Waals surface area contributed by atoms with E-state index in [1.54, 1.807) is 18.1 Å². The Balaban J connectivity index is 1.42. The zero-order valence-electron chi connectivity index (χ0n) is 12.5. The zero-order valence-corrected chi connectivity index (χ0v) is 12.5. The molecular weight excluding hydrogens is 296 g/mol. The average molecular weight is 310 g/mol. The minimum atomic E-state index is -0.128. The predicted molar refractivity (Wildman–Crippen MR) is 79.4 cm³/mol. The first kappa shape index (κ1) is 13.6. The van der Waals surface area contributed by atoms with Gasteiger partial charge in [-0.05, 0) is 0 Å². The molecule has 8 heteroatoms. The fourth-order valence-electron chi connectivity index (χ4n) is 2.51. The van der Waals surface area contributed by atoms with Gasteiger partial charge in [0.15, 0.2) is 5.69 Å². The highest BCUT2D eigenvalue weighted by molar-refractivity contribution is 5.92. The van der Waals surface area contributed by atoms with Crippen molar-refractivity contribution in [2.24, 2.45) is 7.05 Å². The number of rotatable bonds is 3. The summed E-state index contributed by atoms with van der Waals surface area (Å²) in [4.78, 5) is 18.3. The summed E-state index contributed by atoms with van der Waals surface area (Å²) >= 11 is 0. The summed E-state index contributed by atoms with van der Waals surface area (Å²) in [7, 11) is 1.73. The number of aromatic nitrogens is 5. The molecular formula is C15H14N6O2. The van der Waals surface area contributed by atoms with Gasteiger partial charge >= 0.3 is 0 Å². The largest absolute Gasteiger partial charge is 0.339 e. The molecule has 1 saturated heterocycles. The molecule has 1 aliphatic heterocycles. The highest BCUT2D eigenvalue weighted by atomic mass is 16.5. The second kappa shape index (κ2) is 5.31. The molecule has 1 fully saturated rings. The Morgan fingerprint density at radius 3 is 2.74 bits per heavy atom. The zero-order chi connectivity index (χ0) is 15.8. The highest BCUT2D eigenvalue weighted by Gasteiger charge is 2.36. The van der Waals surface area contributed by atoms with Crippen LogP contribution >= 0.6 is 0 Å². The Bertz CT molecular complexity index is 835. The Kier molecular flexibility index (Phi) is 3.14. The molecule has 0 spiro atoms. The third-order valence-electron chi connectivity index (χ3n) is 3.81. The molecule has 8 nitrogen and oxygen atoms in total. The van der Waals surface area contributed by atoms with E-state index in [1.807, 2.05) is 30.3 Å². The van der Waals surface area contributed by atoms with Gasteiger partial charge in [-0.25, -0.2) is 0 Å². The standard InChI is InChI=1S/C15H14N6O2/c1-20-9-12(17-19-20)15(22)21-7-11(8-21)14-16-13(18-23-14)10-5-3-2-4-6-10/h2-6,9,11H,7-8H2,1H3. The molecule has 3 aromatic rings. The predicted octanol–water partition coefficient (Wildman–Crippen LogP) is 1.10. The van der Waals surface area contributed by atoms with Crippen molar-refractivity contribution in [2.45, 2.75) is 5.92 Å². The maximum atomic E-state index is 12.2. The summed E-state index contributed by atoms with van der Waals surface area (Å²) in [6, 6.07) is 9.65. The minimum absolute atomic E-state index is 0.0700. The van der Waals surface area contributed by atoms with Gasteiger partial charge in [0.05, 0.1) is 12.1 Å². The fourth-order valence-corrected chi connectivity index (χ4v) is 2.51. The molecule has 1 aromatic carbocycles. The van der Waals surface area contributed by atoms with Gasteiger partial charge in [0, 0.05) is 25.7 Å². The van der Waals surface area contributed by atoms with Crippen LogP contribution in [0.25, 0.3) is 11.4 Å². The van der Waals surface area contributed by atoms with E-state index in [2.05, 4.69) is 20.5 Å². The summed E-state index contributed by atoms with van der Waals surface area (Å²) in [6.07, 6.45) is 1.61. The molecule has 0 bridgehead atoms. The van der Waals surface area contributed by atoms with Crippen LogP contribution in [0.15, 0.2) is 41.1 Å². The van der Waals surface area contributed by atoms with E-state index >= 15 is 0 Å². The van der Waals surface area contributed by atoms with E-state index in [0.717, 1.165) is 5.56 Å². The van der Waals surface area contributed by atoms with Crippen molar-refractivity contribution in [1.29, 1.82) is 0 Å². The second-order valence-corrected chi connectivity index (χ2v) is 5.51. The van der Waals surface area contributed by atoms with Crippen LogP contribution in [-0.4, -0.2) is 49.0 Å². The van der Waals surface area contributed by atoms with Gasteiger partial charge in [0.2, 0.25) is 11.7 Å². The Hall–Kier alpha value is -3.03. The molecule has 0 saturated carbocycles. The SMILES string of the molecule is Cn1cc(C(=O)N2CC(c3nc(-c4ccccc4)no3)C2)nn1. The van der Waals surface area contributed by atoms with Crippen LogP contribution in [0.3, 0.4) is 0 Å². The summed E-state index contributed by atoms with van der Waals surface area (Å²) in [5.74, 6) is 1.07. The molecule has 23 heavy (non-hydrogen) atoms. The van der Waals surface area contributed by atoms with Gasteiger partial charge in [0.1, 0.15) is 0 Å². The van der Waals surface area contributed by atoms with Gasteiger partial charge in [-0.3, -0.25) is 9.48 Å². The lowest BCUT2D eigenvalue weighted by atomic mass is 10.00. The maximum absolute atomic E-state index is 12.2. The minimum Gasteiger partial charge on any atom is -0.339 e. The van der Waals surface area contributed by atoms with Crippen LogP contribution < -0.4 is 0 Å². The van der Waals surface area contributed by atoms with E-state index in [-0.39, 0.29) is 11.8 Å². The van der Waals surface area contributed by atoms with E-state index in [4.69, 9.17) is 4.52 Å². The molecule has 0 N–H and O–H groups in total. The maximum Gasteiger partial charge on any atom is 0.276 e.